The van der Waals surface area contributed by atoms with Gasteiger partial charge in [0.1, 0.15) is 13.2 Å². The molecule has 8 heteroatoms. The molecule has 0 amide bonds. The summed E-state index contributed by atoms with van der Waals surface area (Å²) in [5.41, 5.74) is 0. The predicted octanol–water partition coefficient (Wildman–Crippen LogP) is 12.0. The SMILES string of the molecule is CCCCC/C=C/C/C=C/CCCCCCCC(=O)OC[C@H](CO[P+](=O)O)OC(=O)CCCCCCCCCC/C=C/CCCCC. The highest BCUT2D eigenvalue weighted by Crippen LogP contribution is 2.17. The minimum atomic E-state index is -2.83. The van der Waals surface area contributed by atoms with Crippen LogP contribution in [0.4, 0.5) is 0 Å². The molecule has 0 saturated heterocycles. The predicted molar refractivity (Wildman–Crippen MR) is 195 cm³/mol. The van der Waals surface area contributed by atoms with Crippen LogP contribution in [0, 0.1) is 0 Å². The fraction of sp³-hybridized carbons (Fsp3) is 0.795. The zero-order valence-electron chi connectivity index (χ0n) is 30.2. The lowest BCUT2D eigenvalue weighted by Crippen LogP contribution is -2.29. The van der Waals surface area contributed by atoms with Crippen LogP contribution in [-0.4, -0.2) is 36.1 Å². The van der Waals surface area contributed by atoms with Crippen molar-refractivity contribution in [3.63, 3.8) is 0 Å². The molecule has 2 atom stereocenters. The van der Waals surface area contributed by atoms with Crippen molar-refractivity contribution in [3.8, 4) is 0 Å². The molecule has 0 aromatic carbocycles. The number of allylic oxidation sites excluding steroid dienone is 6. The summed E-state index contributed by atoms with van der Waals surface area (Å²) in [7, 11) is -2.83. The Balaban J connectivity index is 3.88. The van der Waals surface area contributed by atoms with Gasteiger partial charge in [-0.25, -0.2) is 0 Å². The van der Waals surface area contributed by atoms with Gasteiger partial charge >= 0.3 is 20.2 Å². The average Bonchev–Trinajstić information content (AvgIpc) is 3.05. The summed E-state index contributed by atoms with van der Waals surface area (Å²) in [5.74, 6) is -0.761. The summed E-state index contributed by atoms with van der Waals surface area (Å²) in [4.78, 5) is 33.5. The van der Waals surface area contributed by atoms with E-state index in [0.717, 1.165) is 64.2 Å². The maximum atomic E-state index is 12.3. The van der Waals surface area contributed by atoms with Crippen LogP contribution in [-0.2, 0) is 28.2 Å². The summed E-state index contributed by atoms with van der Waals surface area (Å²) in [6.45, 7) is 4.00. The van der Waals surface area contributed by atoms with Gasteiger partial charge in [0.05, 0.1) is 0 Å². The normalized spacial score (nSPS) is 12.8. The lowest BCUT2D eigenvalue weighted by molar-refractivity contribution is -0.161. The van der Waals surface area contributed by atoms with E-state index in [1.54, 1.807) is 0 Å². The lowest BCUT2D eigenvalue weighted by Gasteiger charge is -2.15. The summed E-state index contributed by atoms with van der Waals surface area (Å²) in [5, 5.41) is 0. The molecule has 0 aromatic rings. The fourth-order valence-corrected chi connectivity index (χ4v) is 5.48. The van der Waals surface area contributed by atoms with Crippen LogP contribution in [0.15, 0.2) is 36.5 Å². The minimum absolute atomic E-state index is 0.178. The van der Waals surface area contributed by atoms with Gasteiger partial charge in [-0.1, -0.05) is 134 Å². The van der Waals surface area contributed by atoms with E-state index in [4.69, 9.17) is 18.9 Å². The molecule has 7 nitrogen and oxygen atoms in total. The smallest absolute Gasteiger partial charge is 0.462 e. The Morgan fingerprint density at radius 1 is 0.553 bits per heavy atom. The molecule has 1 unspecified atom stereocenters. The van der Waals surface area contributed by atoms with Crippen molar-refractivity contribution in [2.75, 3.05) is 13.2 Å². The number of carbonyl (C=O) groups is 2. The zero-order valence-corrected chi connectivity index (χ0v) is 31.1. The van der Waals surface area contributed by atoms with Gasteiger partial charge in [-0.3, -0.25) is 9.59 Å². The maximum absolute atomic E-state index is 12.3. The molecule has 1 N–H and O–H groups in total. The van der Waals surface area contributed by atoms with Gasteiger partial charge in [-0.05, 0) is 70.6 Å². The van der Waals surface area contributed by atoms with Crippen molar-refractivity contribution in [1.82, 2.24) is 0 Å². The molecular weight excluding hydrogens is 611 g/mol. The maximum Gasteiger partial charge on any atom is 0.694 e. The molecule has 0 aliphatic heterocycles. The van der Waals surface area contributed by atoms with Crippen molar-refractivity contribution in [3.05, 3.63) is 36.5 Å². The summed E-state index contributed by atoms with van der Waals surface area (Å²) >= 11 is 0. The second-order valence-electron chi connectivity index (χ2n) is 12.6. The first kappa shape index (κ1) is 45.2. The topological polar surface area (TPSA) is 99.1 Å². The standard InChI is InChI=1S/C39H69O7P/c1-3-5-7-9-11-13-15-17-19-21-23-25-27-29-31-33-38(40)44-35-37(36-45-47(42)43)46-39(41)34-32-30-28-26-24-22-20-18-16-14-12-10-8-6-4-2/h11-14,17,19,37H,3-10,15-16,18,20-36H2,1-2H3/p+1/b13-11+,14-12+,19-17+/t37-/m1/s1. The molecule has 0 aliphatic carbocycles. The summed E-state index contributed by atoms with van der Waals surface area (Å²) < 4.78 is 26.4. The Kier molecular flexibility index (Phi) is 35.6. The van der Waals surface area contributed by atoms with E-state index in [1.807, 2.05) is 0 Å². The molecule has 272 valence electrons. The van der Waals surface area contributed by atoms with Crippen LogP contribution in [0.5, 0.6) is 0 Å². The van der Waals surface area contributed by atoms with E-state index >= 15 is 0 Å². The van der Waals surface area contributed by atoms with Crippen LogP contribution in [0.2, 0.25) is 0 Å². The van der Waals surface area contributed by atoms with Gasteiger partial charge in [0.15, 0.2) is 6.10 Å². The highest BCUT2D eigenvalue weighted by Gasteiger charge is 2.23. The van der Waals surface area contributed by atoms with Gasteiger partial charge in [-0.15, -0.1) is 9.42 Å². The number of carbonyl (C=O) groups excluding carboxylic acids is 2. The molecule has 0 aromatic heterocycles. The first-order valence-electron chi connectivity index (χ1n) is 19.1. The summed E-state index contributed by atoms with van der Waals surface area (Å²) in [6.07, 6.45) is 40.9. The molecule has 0 radical (unpaired) electrons. The zero-order chi connectivity index (χ0) is 34.5. The molecule has 0 bridgehead atoms. The van der Waals surface area contributed by atoms with E-state index in [1.165, 1.54) is 89.9 Å². The van der Waals surface area contributed by atoms with Gasteiger partial charge in [-0.2, -0.15) is 0 Å². The van der Waals surface area contributed by atoms with Crippen molar-refractivity contribution in [2.45, 2.75) is 187 Å². The van der Waals surface area contributed by atoms with Crippen LogP contribution in [0.1, 0.15) is 181 Å². The van der Waals surface area contributed by atoms with Crippen LogP contribution < -0.4 is 0 Å². The van der Waals surface area contributed by atoms with E-state index in [-0.39, 0.29) is 25.6 Å². The van der Waals surface area contributed by atoms with Gasteiger partial charge in [0.25, 0.3) is 0 Å². The third-order valence-electron chi connectivity index (χ3n) is 8.07. The first-order valence-corrected chi connectivity index (χ1v) is 20.2. The van der Waals surface area contributed by atoms with Gasteiger partial charge < -0.3 is 9.47 Å². The Labute approximate surface area is 289 Å². The molecule has 0 saturated carbocycles. The Morgan fingerprint density at radius 2 is 0.957 bits per heavy atom. The third-order valence-corrected chi connectivity index (χ3v) is 8.44. The third kappa shape index (κ3) is 36.9. The fourth-order valence-electron chi connectivity index (χ4n) is 5.19. The first-order chi connectivity index (χ1) is 23.0. The van der Waals surface area contributed by atoms with Gasteiger partial charge in [0, 0.05) is 17.4 Å². The molecule has 0 fully saturated rings. The minimum Gasteiger partial charge on any atom is -0.462 e. The summed E-state index contributed by atoms with van der Waals surface area (Å²) in [6, 6.07) is 0. The largest absolute Gasteiger partial charge is 0.694 e. The quantitative estimate of drug-likeness (QED) is 0.0307. The second-order valence-corrected chi connectivity index (χ2v) is 13.4. The van der Waals surface area contributed by atoms with Crippen LogP contribution in [0.3, 0.4) is 0 Å². The second kappa shape index (κ2) is 37.0. The molecule has 0 heterocycles. The van der Waals surface area contributed by atoms with Gasteiger partial charge in [0.2, 0.25) is 0 Å². The molecule has 47 heavy (non-hydrogen) atoms. The number of hydrogen-bond donors (Lipinski definition) is 1. The number of rotatable bonds is 35. The number of unbranched alkanes of at least 4 members (excludes halogenated alkanes) is 19. The molecule has 0 spiro atoms. The highest BCUT2D eigenvalue weighted by molar-refractivity contribution is 7.32. The van der Waals surface area contributed by atoms with Crippen molar-refractivity contribution >= 4 is 20.2 Å². The lowest BCUT2D eigenvalue weighted by atomic mass is 10.1. The Hall–Kier alpha value is -1.82. The number of hydrogen-bond acceptors (Lipinski definition) is 6. The van der Waals surface area contributed by atoms with Crippen molar-refractivity contribution in [2.24, 2.45) is 0 Å². The number of ether oxygens (including phenoxy) is 2. The van der Waals surface area contributed by atoms with Crippen molar-refractivity contribution in [1.29, 1.82) is 0 Å². The van der Waals surface area contributed by atoms with E-state index in [9.17, 15) is 14.2 Å². The Morgan fingerprint density at radius 3 is 1.43 bits per heavy atom. The van der Waals surface area contributed by atoms with Crippen LogP contribution >= 0.6 is 8.25 Å². The molecule has 0 aliphatic rings. The van der Waals surface area contributed by atoms with E-state index in [2.05, 4.69) is 50.3 Å². The Bertz CT molecular complexity index is 824. The monoisotopic (exact) mass is 681 g/mol. The van der Waals surface area contributed by atoms with E-state index < -0.39 is 20.3 Å². The molecular formula is C39H70O7P+. The number of esters is 2. The van der Waals surface area contributed by atoms with Crippen molar-refractivity contribution < 1.29 is 33.0 Å². The van der Waals surface area contributed by atoms with Crippen LogP contribution in [0.25, 0.3) is 0 Å². The van der Waals surface area contributed by atoms with E-state index in [0.29, 0.717) is 6.42 Å². The average molecular weight is 682 g/mol. The highest BCUT2D eigenvalue weighted by atomic mass is 31.1. The molecule has 0 rings (SSSR count).